The van der Waals surface area contributed by atoms with Crippen LogP contribution in [-0.4, -0.2) is 35.4 Å². The van der Waals surface area contributed by atoms with Gasteiger partial charge in [0.1, 0.15) is 0 Å². The van der Waals surface area contributed by atoms with Crippen LogP contribution in [0.5, 0.6) is 0 Å². The standard InChI is InChI=1S/C14H13Cl2F3N4O2/c15-8-3-6-7(4-9(8)16)12(25)23(2-1-14(17,18)19)10(6)5-11(24)22-13(20)21/h3-4,10H,1-2,5H2,(H4,20,21,22,24)/t10-/m1/s1. The van der Waals surface area contributed by atoms with E-state index in [0.717, 1.165) is 4.90 Å². The van der Waals surface area contributed by atoms with Crippen LogP contribution in [0, 0.1) is 0 Å². The van der Waals surface area contributed by atoms with E-state index < -0.39 is 43.0 Å². The van der Waals surface area contributed by atoms with Crippen LogP contribution in [0.15, 0.2) is 17.1 Å². The minimum atomic E-state index is -4.46. The van der Waals surface area contributed by atoms with Gasteiger partial charge in [-0.3, -0.25) is 9.59 Å². The van der Waals surface area contributed by atoms with E-state index in [1.54, 1.807) is 0 Å². The van der Waals surface area contributed by atoms with Crippen LogP contribution in [-0.2, 0) is 4.79 Å². The van der Waals surface area contributed by atoms with Gasteiger partial charge in [0.2, 0.25) is 0 Å². The van der Waals surface area contributed by atoms with Crippen LogP contribution in [0.3, 0.4) is 0 Å². The van der Waals surface area contributed by atoms with E-state index in [-0.39, 0.29) is 22.0 Å². The van der Waals surface area contributed by atoms with Crippen molar-refractivity contribution in [2.75, 3.05) is 6.54 Å². The molecule has 1 aromatic carbocycles. The highest BCUT2D eigenvalue weighted by molar-refractivity contribution is 6.42. The molecule has 0 aliphatic carbocycles. The van der Waals surface area contributed by atoms with E-state index in [1.165, 1.54) is 12.1 Å². The average Bonchev–Trinajstić information content (AvgIpc) is 2.68. The van der Waals surface area contributed by atoms with Crippen molar-refractivity contribution in [2.45, 2.75) is 25.1 Å². The zero-order valence-corrected chi connectivity index (χ0v) is 14.1. The maximum Gasteiger partial charge on any atom is 0.390 e. The summed E-state index contributed by atoms with van der Waals surface area (Å²) < 4.78 is 37.7. The molecule has 2 rings (SSSR count). The van der Waals surface area contributed by atoms with Gasteiger partial charge in [-0.05, 0) is 17.7 Å². The molecule has 0 bridgehead atoms. The lowest BCUT2D eigenvalue weighted by atomic mass is 10.0. The lowest BCUT2D eigenvalue weighted by molar-refractivity contribution is -0.137. The predicted octanol–water partition coefficient (Wildman–Crippen LogP) is 2.63. The zero-order valence-electron chi connectivity index (χ0n) is 12.6. The van der Waals surface area contributed by atoms with E-state index >= 15 is 0 Å². The van der Waals surface area contributed by atoms with Gasteiger partial charge in [-0.2, -0.15) is 18.2 Å². The van der Waals surface area contributed by atoms with Gasteiger partial charge in [-0.25, -0.2) is 0 Å². The first-order chi connectivity index (χ1) is 11.5. The minimum Gasteiger partial charge on any atom is -0.370 e. The van der Waals surface area contributed by atoms with Crippen LogP contribution in [0.4, 0.5) is 13.2 Å². The number of benzene rings is 1. The normalized spacial score (nSPS) is 16.8. The fourth-order valence-corrected chi connectivity index (χ4v) is 2.90. The smallest absolute Gasteiger partial charge is 0.370 e. The van der Waals surface area contributed by atoms with Crippen molar-refractivity contribution in [3.05, 3.63) is 33.3 Å². The van der Waals surface area contributed by atoms with Gasteiger partial charge in [0, 0.05) is 12.1 Å². The summed E-state index contributed by atoms with van der Waals surface area (Å²) in [7, 11) is 0. The molecule has 2 amide bonds. The summed E-state index contributed by atoms with van der Waals surface area (Å²) in [6, 6.07) is 1.67. The maximum absolute atomic E-state index is 12.6. The quantitative estimate of drug-likeness (QED) is 0.603. The molecular formula is C14H13Cl2F3N4O2. The Morgan fingerprint density at radius 1 is 1.24 bits per heavy atom. The molecule has 0 radical (unpaired) electrons. The van der Waals surface area contributed by atoms with Crippen molar-refractivity contribution in [2.24, 2.45) is 16.5 Å². The number of nitrogens with zero attached hydrogens (tertiary/aromatic N) is 2. The number of alkyl halides is 3. The van der Waals surface area contributed by atoms with Gasteiger partial charge < -0.3 is 16.4 Å². The summed E-state index contributed by atoms with van der Waals surface area (Å²) in [4.78, 5) is 28.6. The van der Waals surface area contributed by atoms with Crippen LogP contribution in [0.25, 0.3) is 0 Å². The van der Waals surface area contributed by atoms with E-state index in [9.17, 15) is 22.8 Å². The third-order valence-corrected chi connectivity index (χ3v) is 4.30. The van der Waals surface area contributed by atoms with E-state index in [2.05, 4.69) is 4.99 Å². The monoisotopic (exact) mass is 396 g/mol. The summed E-state index contributed by atoms with van der Waals surface area (Å²) >= 11 is 11.8. The Morgan fingerprint density at radius 3 is 2.40 bits per heavy atom. The number of carbonyl (C=O) groups excluding carboxylic acids is 2. The Bertz CT molecular complexity index is 748. The van der Waals surface area contributed by atoms with Gasteiger partial charge in [0.05, 0.1) is 28.9 Å². The summed E-state index contributed by atoms with van der Waals surface area (Å²) in [6.07, 6.45) is -6.06. The first-order valence-corrected chi connectivity index (χ1v) is 7.74. The molecule has 1 heterocycles. The van der Waals surface area contributed by atoms with Gasteiger partial charge in [0.25, 0.3) is 11.8 Å². The fourth-order valence-electron chi connectivity index (χ4n) is 2.57. The highest BCUT2D eigenvalue weighted by Crippen LogP contribution is 2.40. The Kier molecular flexibility index (Phi) is 5.48. The van der Waals surface area contributed by atoms with Crippen LogP contribution in [0.1, 0.15) is 34.8 Å². The molecule has 0 saturated carbocycles. The number of aliphatic imine (C=N–C) groups is 1. The second-order valence-corrected chi connectivity index (χ2v) is 6.18. The topological polar surface area (TPSA) is 102 Å². The summed E-state index contributed by atoms with van der Waals surface area (Å²) in [6.45, 7) is -0.619. The van der Waals surface area contributed by atoms with Gasteiger partial charge >= 0.3 is 6.18 Å². The highest BCUT2D eigenvalue weighted by Gasteiger charge is 2.40. The van der Waals surface area contributed by atoms with Crippen LogP contribution < -0.4 is 11.5 Å². The summed E-state index contributed by atoms with van der Waals surface area (Å²) in [5.41, 5.74) is 10.6. The molecular weight excluding hydrogens is 384 g/mol. The first-order valence-electron chi connectivity index (χ1n) is 6.98. The lowest BCUT2D eigenvalue weighted by Gasteiger charge is -2.25. The van der Waals surface area contributed by atoms with Gasteiger partial charge in [-0.1, -0.05) is 23.2 Å². The molecule has 25 heavy (non-hydrogen) atoms. The number of carbonyl (C=O) groups is 2. The third-order valence-electron chi connectivity index (χ3n) is 3.58. The highest BCUT2D eigenvalue weighted by atomic mass is 35.5. The zero-order chi connectivity index (χ0) is 18.9. The lowest BCUT2D eigenvalue weighted by Crippen LogP contribution is -2.33. The molecule has 1 aliphatic heterocycles. The first kappa shape index (κ1) is 19.3. The average molecular weight is 397 g/mol. The number of nitrogens with two attached hydrogens (primary N) is 2. The second kappa shape index (κ2) is 7.09. The number of hydrogen-bond acceptors (Lipinski definition) is 2. The number of fused-ring (bicyclic) bond motifs is 1. The van der Waals surface area contributed by atoms with Crippen molar-refractivity contribution in [3.8, 4) is 0 Å². The molecule has 0 unspecified atom stereocenters. The molecule has 136 valence electrons. The van der Waals surface area contributed by atoms with Crippen molar-refractivity contribution < 1.29 is 22.8 Å². The molecule has 11 heteroatoms. The van der Waals surface area contributed by atoms with Crippen LogP contribution >= 0.6 is 23.2 Å². The van der Waals surface area contributed by atoms with E-state index in [4.69, 9.17) is 34.7 Å². The SMILES string of the molecule is NC(N)=NC(=O)C[C@@H]1c2cc(Cl)c(Cl)cc2C(=O)N1CCC(F)(F)F. The number of amides is 2. The maximum atomic E-state index is 12.6. The van der Waals surface area contributed by atoms with Crippen molar-refractivity contribution >= 4 is 41.0 Å². The Morgan fingerprint density at radius 2 is 1.84 bits per heavy atom. The Labute approximate surface area is 150 Å². The van der Waals surface area contributed by atoms with E-state index in [0.29, 0.717) is 5.56 Å². The summed E-state index contributed by atoms with van der Waals surface area (Å²) in [5, 5.41) is 0.200. The number of halogens is 5. The second-order valence-electron chi connectivity index (χ2n) is 5.37. The summed E-state index contributed by atoms with van der Waals surface area (Å²) in [5.74, 6) is -1.92. The van der Waals surface area contributed by atoms with Gasteiger partial charge in [0.15, 0.2) is 5.96 Å². The molecule has 0 aromatic heterocycles. The predicted molar refractivity (Wildman–Crippen MR) is 86.3 cm³/mol. The van der Waals surface area contributed by atoms with Gasteiger partial charge in [-0.15, -0.1) is 0 Å². The molecule has 1 aromatic rings. The number of rotatable bonds is 4. The number of hydrogen-bond donors (Lipinski definition) is 2. The number of guanidine groups is 1. The molecule has 4 N–H and O–H groups in total. The molecule has 0 spiro atoms. The van der Waals surface area contributed by atoms with E-state index in [1.807, 2.05) is 0 Å². The minimum absolute atomic E-state index is 0.0840. The molecule has 6 nitrogen and oxygen atoms in total. The fraction of sp³-hybridized carbons (Fsp3) is 0.357. The third kappa shape index (κ3) is 4.55. The molecule has 1 atom stereocenters. The molecule has 0 fully saturated rings. The van der Waals surface area contributed by atoms with Crippen molar-refractivity contribution in [1.29, 1.82) is 0 Å². The Balaban J connectivity index is 2.38. The van der Waals surface area contributed by atoms with Crippen molar-refractivity contribution in [1.82, 2.24) is 4.90 Å². The largest absolute Gasteiger partial charge is 0.390 e. The Hall–Kier alpha value is -2.00. The molecule has 0 saturated heterocycles. The van der Waals surface area contributed by atoms with Crippen molar-refractivity contribution in [3.63, 3.8) is 0 Å². The van der Waals surface area contributed by atoms with Crippen LogP contribution in [0.2, 0.25) is 10.0 Å². The molecule has 1 aliphatic rings.